The van der Waals surface area contributed by atoms with Crippen LogP contribution in [-0.2, 0) is 22.4 Å². The number of ether oxygens (including phenoxy) is 1. The van der Waals surface area contributed by atoms with E-state index in [4.69, 9.17) is 4.74 Å². The van der Waals surface area contributed by atoms with Crippen molar-refractivity contribution in [3.63, 3.8) is 0 Å². The number of carbonyl (C=O) groups excluding carboxylic acids is 2. The van der Waals surface area contributed by atoms with Crippen LogP contribution in [0.3, 0.4) is 0 Å². The number of thiophene rings is 1. The highest BCUT2D eigenvalue weighted by molar-refractivity contribution is 7.14. The zero-order valence-corrected chi connectivity index (χ0v) is 17.8. The molecule has 1 fully saturated rings. The number of benzene rings is 1. The minimum Gasteiger partial charge on any atom is -0.378 e. The summed E-state index contributed by atoms with van der Waals surface area (Å²) in [6, 6.07) is 10.0. The Balaban J connectivity index is 1.37. The van der Waals surface area contributed by atoms with Gasteiger partial charge in [-0.1, -0.05) is 0 Å². The van der Waals surface area contributed by atoms with Crippen LogP contribution in [0.5, 0.6) is 0 Å². The SMILES string of the molecule is CN(C)C(=O)c1cc2c(s1)CC[C@@H](C(=O)Nc1ccc(N3CCOCC3)cc1)C2. The highest BCUT2D eigenvalue weighted by atomic mass is 32.1. The molecule has 1 aromatic heterocycles. The molecule has 4 rings (SSSR count). The Kier molecular flexibility index (Phi) is 5.87. The number of aryl methyl sites for hydroxylation is 1. The molecular formula is C22H27N3O3S. The van der Waals surface area contributed by atoms with E-state index >= 15 is 0 Å². The van der Waals surface area contributed by atoms with Gasteiger partial charge in [0, 0.05) is 49.4 Å². The number of morpholine rings is 1. The standard InChI is InChI=1S/C22H27N3O3S/c1-24(2)22(27)20-14-16-13-15(3-8-19(16)29-20)21(26)23-17-4-6-18(7-5-17)25-9-11-28-12-10-25/h4-7,14-15H,3,8-13H2,1-2H3,(H,23,26)/t15-/m1/s1. The van der Waals surface area contributed by atoms with Gasteiger partial charge in [-0.15, -0.1) is 11.3 Å². The molecular weight excluding hydrogens is 386 g/mol. The molecule has 1 saturated heterocycles. The van der Waals surface area contributed by atoms with E-state index < -0.39 is 0 Å². The second-order valence-electron chi connectivity index (χ2n) is 7.83. The van der Waals surface area contributed by atoms with Crippen molar-refractivity contribution in [3.05, 3.63) is 45.6 Å². The minimum atomic E-state index is -0.0571. The van der Waals surface area contributed by atoms with Gasteiger partial charge in [0.05, 0.1) is 18.1 Å². The Bertz CT molecular complexity index is 885. The molecule has 29 heavy (non-hydrogen) atoms. The predicted octanol–water partition coefficient (Wildman–Crippen LogP) is 3.03. The van der Waals surface area contributed by atoms with Crippen LogP contribution < -0.4 is 10.2 Å². The number of nitrogens with zero attached hydrogens (tertiary/aromatic N) is 2. The van der Waals surface area contributed by atoms with Crippen LogP contribution >= 0.6 is 11.3 Å². The molecule has 2 aromatic rings. The minimum absolute atomic E-state index is 0.0331. The first-order chi connectivity index (χ1) is 14.0. The third-order valence-electron chi connectivity index (χ3n) is 5.58. The van der Waals surface area contributed by atoms with Gasteiger partial charge in [0.2, 0.25) is 5.91 Å². The molecule has 0 radical (unpaired) electrons. The molecule has 1 aliphatic carbocycles. The quantitative estimate of drug-likeness (QED) is 0.837. The lowest BCUT2D eigenvalue weighted by molar-refractivity contribution is -0.120. The summed E-state index contributed by atoms with van der Waals surface area (Å²) in [6.45, 7) is 3.31. The lowest BCUT2D eigenvalue weighted by atomic mass is 9.87. The molecule has 6 nitrogen and oxygen atoms in total. The van der Waals surface area contributed by atoms with Crippen LogP contribution in [0.15, 0.2) is 30.3 Å². The summed E-state index contributed by atoms with van der Waals surface area (Å²) in [6.07, 6.45) is 2.37. The molecule has 0 bridgehead atoms. The van der Waals surface area contributed by atoms with Gasteiger partial charge in [-0.2, -0.15) is 0 Å². The number of fused-ring (bicyclic) bond motifs is 1. The Labute approximate surface area is 175 Å². The Morgan fingerprint density at radius 1 is 1.17 bits per heavy atom. The molecule has 7 heteroatoms. The Morgan fingerprint density at radius 3 is 2.59 bits per heavy atom. The average molecular weight is 414 g/mol. The second kappa shape index (κ2) is 8.55. The molecule has 1 aromatic carbocycles. The van der Waals surface area contributed by atoms with Crippen LogP contribution in [0.25, 0.3) is 0 Å². The zero-order chi connectivity index (χ0) is 20.4. The number of amides is 2. The van der Waals surface area contributed by atoms with Gasteiger partial charge in [0.25, 0.3) is 5.91 Å². The van der Waals surface area contributed by atoms with Gasteiger partial charge < -0.3 is 19.9 Å². The van der Waals surface area contributed by atoms with E-state index in [-0.39, 0.29) is 17.7 Å². The summed E-state index contributed by atoms with van der Waals surface area (Å²) < 4.78 is 5.40. The van der Waals surface area contributed by atoms with Crippen LogP contribution in [0.1, 0.15) is 26.5 Å². The summed E-state index contributed by atoms with van der Waals surface area (Å²) in [7, 11) is 3.53. The third kappa shape index (κ3) is 4.46. The van der Waals surface area contributed by atoms with Crippen LogP contribution in [0.4, 0.5) is 11.4 Å². The molecule has 0 saturated carbocycles. The van der Waals surface area contributed by atoms with E-state index in [9.17, 15) is 9.59 Å². The summed E-state index contributed by atoms with van der Waals surface area (Å²) >= 11 is 1.57. The fourth-order valence-corrected chi connectivity index (χ4v) is 5.12. The third-order valence-corrected chi connectivity index (χ3v) is 6.81. The van der Waals surface area contributed by atoms with Gasteiger partial charge in [0.15, 0.2) is 0 Å². The number of hydrogen-bond acceptors (Lipinski definition) is 5. The molecule has 1 atom stereocenters. The maximum Gasteiger partial charge on any atom is 0.263 e. The van der Waals surface area contributed by atoms with E-state index in [0.717, 1.165) is 61.0 Å². The monoisotopic (exact) mass is 413 g/mol. The molecule has 2 aliphatic rings. The van der Waals surface area contributed by atoms with Crippen molar-refractivity contribution in [2.24, 2.45) is 5.92 Å². The van der Waals surface area contributed by atoms with Crippen molar-refractivity contribution in [1.82, 2.24) is 4.90 Å². The van der Waals surface area contributed by atoms with E-state index in [0.29, 0.717) is 6.42 Å². The maximum absolute atomic E-state index is 12.8. The lowest BCUT2D eigenvalue weighted by Gasteiger charge is -2.29. The topological polar surface area (TPSA) is 61.9 Å². The number of nitrogens with one attached hydrogen (secondary N) is 1. The van der Waals surface area contributed by atoms with Crippen LogP contribution in [0, 0.1) is 5.92 Å². The van der Waals surface area contributed by atoms with E-state index in [1.165, 1.54) is 4.88 Å². The first kappa shape index (κ1) is 19.9. The molecule has 0 unspecified atom stereocenters. The average Bonchev–Trinajstić information content (AvgIpc) is 3.17. The number of carbonyl (C=O) groups is 2. The molecule has 154 valence electrons. The van der Waals surface area contributed by atoms with Gasteiger partial charge in [-0.25, -0.2) is 0 Å². The molecule has 0 spiro atoms. The van der Waals surface area contributed by atoms with Crippen molar-refractivity contribution in [2.75, 3.05) is 50.6 Å². The first-order valence-corrected chi connectivity index (χ1v) is 10.9. The van der Waals surface area contributed by atoms with E-state index in [2.05, 4.69) is 22.3 Å². The van der Waals surface area contributed by atoms with Gasteiger partial charge in [-0.05, 0) is 55.2 Å². The summed E-state index contributed by atoms with van der Waals surface area (Å²) in [4.78, 5) is 30.9. The normalized spacial score (nSPS) is 18.8. The van der Waals surface area contributed by atoms with E-state index in [1.807, 2.05) is 18.2 Å². The second-order valence-corrected chi connectivity index (χ2v) is 8.97. The molecule has 2 amide bonds. The first-order valence-electron chi connectivity index (χ1n) is 10.1. The van der Waals surface area contributed by atoms with Crippen LogP contribution in [-0.4, -0.2) is 57.1 Å². The fourth-order valence-electron chi connectivity index (χ4n) is 3.89. The summed E-state index contributed by atoms with van der Waals surface area (Å²) in [5, 5.41) is 3.07. The lowest BCUT2D eigenvalue weighted by Crippen LogP contribution is -2.36. The van der Waals surface area contributed by atoms with Crippen molar-refractivity contribution in [3.8, 4) is 0 Å². The van der Waals surface area contributed by atoms with E-state index in [1.54, 1.807) is 30.3 Å². The van der Waals surface area contributed by atoms with Crippen molar-refractivity contribution < 1.29 is 14.3 Å². The Hall–Kier alpha value is -2.38. The highest BCUT2D eigenvalue weighted by Gasteiger charge is 2.28. The highest BCUT2D eigenvalue weighted by Crippen LogP contribution is 2.33. The van der Waals surface area contributed by atoms with Gasteiger partial charge >= 0.3 is 0 Å². The van der Waals surface area contributed by atoms with Gasteiger partial charge in [0.1, 0.15) is 0 Å². The molecule has 1 aliphatic heterocycles. The fraction of sp³-hybridized carbons (Fsp3) is 0.455. The number of anilines is 2. The largest absolute Gasteiger partial charge is 0.378 e. The van der Waals surface area contributed by atoms with Gasteiger partial charge in [-0.3, -0.25) is 9.59 Å². The smallest absolute Gasteiger partial charge is 0.263 e. The maximum atomic E-state index is 12.8. The predicted molar refractivity (Wildman–Crippen MR) is 116 cm³/mol. The summed E-state index contributed by atoms with van der Waals surface area (Å²) in [5.74, 6) is 0.0329. The molecule has 2 heterocycles. The van der Waals surface area contributed by atoms with Crippen LogP contribution in [0.2, 0.25) is 0 Å². The van der Waals surface area contributed by atoms with Crippen molar-refractivity contribution in [1.29, 1.82) is 0 Å². The molecule has 1 N–H and O–H groups in total. The zero-order valence-electron chi connectivity index (χ0n) is 16.9. The van der Waals surface area contributed by atoms with Crippen molar-refractivity contribution >= 4 is 34.5 Å². The van der Waals surface area contributed by atoms with Crippen molar-refractivity contribution in [2.45, 2.75) is 19.3 Å². The summed E-state index contributed by atoms with van der Waals surface area (Å²) in [5.41, 5.74) is 3.13. The number of hydrogen-bond donors (Lipinski definition) is 1. The Morgan fingerprint density at radius 2 is 1.90 bits per heavy atom. The number of rotatable bonds is 4.